The fourth-order valence-electron chi connectivity index (χ4n) is 2.53. The van der Waals surface area contributed by atoms with Crippen molar-refractivity contribution >= 4 is 10.0 Å². The van der Waals surface area contributed by atoms with Crippen molar-refractivity contribution in [3.63, 3.8) is 0 Å². The molecule has 0 saturated carbocycles. The molecule has 0 aliphatic carbocycles. The molecule has 0 heterocycles. The first-order valence-corrected chi connectivity index (χ1v) is 10.9. The lowest BCUT2D eigenvalue weighted by molar-refractivity contribution is 0.260. The lowest BCUT2D eigenvalue weighted by atomic mass is 10.2. The molecule has 0 bridgehead atoms. The number of hydrogen-bond donors (Lipinski definition) is 2. The van der Waals surface area contributed by atoms with Crippen molar-refractivity contribution in [2.24, 2.45) is 5.14 Å². The summed E-state index contributed by atoms with van der Waals surface area (Å²) in [6, 6.07) is 10.4. The zero-order chi connectivity index (χ0) is 21.3. The van der Waals surface area contributed by atoms with Gasteiger partial charge in [0.15, 0.2) is 11.5 Å². The number of nitrogens with two attached hydrogens (primary N) is 1. The third-order valence-electron chi connectivity index (χ3n) is 4.01. The van der Waals surface area contributed by atoms with Crippen molar-refractivity contribution in [2.45, 2.75) is 31.2 Å². The molecule has 0 amide bonds. The summed E-state index contributed by atoms with van der Waals surface area (Å²) in [7, 11) is -3.75. The summed E-state index contributed by atoms with van der Waals surface area (Å²) in [5.41, 5.74) is 0. The van der Waals surface area contributed by atoms with E-state index in [0.717, 1.165) is 0 Å². The van der Waals surface area contributed by atoms with Crippen LogP contribution in [0.3, 0.4) is 0 Å². The van der Waals surface area contributed by atoms with E-state index < -0.39 is 10.0 Å². The first-order chi connectivity index (χ1) is 13.8. The van der Waals surface area contributed by atoms with E-state index in [2.05, 4.69) is 5.32 Å². The van der Waals surface area contributed by atoms with Crippen molar-refractivity contribution in [3.8, 4) is 17.2 Å². The van der Waals surface area contributed by atoms with Gasteiger partial charge < -0.3 is 19.5 Å². The van der Waals surface area contributed by atoms with Gasteiger partial charge in [-0.3, -0.25) is 0 Å². The minimum absolute atomic E-state index is 0.0158. The molecule has 0 aromatic heterocycles. The van der Waals surface area contributed by atoms with E-state index in [4.69, 9.17) is 19.3 Å². The Hall–Kier alpha value is -2.36. The zero-order valence-corrected chi connectivity index (χ0v) is 17.4. The van der Waals surface area contributed by atoms with Crippen LogP contribution in [0.25, 0.3) is 0 Å². The van der Waals surface area contributed by atoms with Crippen LogP contribution in [0.1, 0.15) is 20.3 Å². The smallest absolute Gasteiger partial charge is 0.238 e. The minimum atomic E-state index is -3.75. The maximum Gasteiger partial charge on any atom is 0.238 e. The number of rotatable bonds is 12. The van der Waals surface area contributed by atoms with E-state index in [0.29, 0.717) is 50.0 Å². The normalized spacial score (nSPS) is 12.4. The SMILES string of the molecule is CCOc1ccc(F)cc1OCCNC(C)CCOc1cccc(S(N)(=O)=O)c1. The molecular formula is C20H27FN2O5S. The predicted octanol–water partition coefficient (Wildman–Crippen LogP) is 2.70. The number of sulfonamides is 1. The topological polar surface area (TPSA) is 99.9 Å². The average molecular weight is 427 g/mol. The molecular weight excluding hydrogens is 399 g/mol. The summed E-state index contributed by atoms with van der Waals surface area (Å²) in [6.45, 7) is 5.63. The molecule has 0 fully saturated rings. The number of halogens is 1. The highest BCUT2D eigenvalue weighted by atomic mass is 32.2. The van der Waals surface area contributed by atoms with Crippen LogP contribution in [0.15, 0.2) is 47.4 Å². The van der Waals surface area contributed by atoms with Crippen molar-refractivity contribution in [2.75, 3.05) is 26.4 Å². The largest absolute Gasteiger partial charge is 0.493 e. The van der Waals surface area contributed by atoms with Gasteiger partial charge >= 0.3 is 0 Å². The highest BCUT2D eigenvalue weighted by Gasteiger charge is 2.09. The second kappa shape index (κ2) is 11.0. The number of primary sulfonamides is 1. The molecule has 9 heteroatoms. The minimum Gasteiger partial charge on any atom is -0.493 e. The molecule has 3 N–H and O–H groups in total. The molecule has 7 nitrogen and oxygen atoms in total. The van der Waals surface area contributed by atoms with E-state index in [-0.39, 0.29) is 16.8 Å². The van der Waals surface area contributed by atoms with Crippen LogP contribution in [0.5, 0.6) is 17.2 Å². The molecule has 0 saturated heterocycles. The third-order valence-corrected chi connectivity index (χ3v) is 4.92. The lowest BCUT2D eigenvalue weighted by Gasteiger charge is -2.16. The van der Waals surface area contributed by atoms with Crippen molar-refractivity contribution < 1.29 is 27.0 Å². The molecule has 0 radical (unpaired) electrons. The predicted molar refractivity (Wildman–Crippen MR) is 108 cm³/mol. The summed E-state index contributed by atoms with van der Waals surface area (Å²) < 4.78 is 52.7. The molecule has 160 valence electrons. The highest BCUT2D eigenvalue weighted by molar-refractivity contribution is 7.89. The summed E-state index contributed by atoms with van der Waals surface area (Å²) >= 11 is 0. The molecule has 0 spiro atoms. The lowest BCUT2D eigenvalue weighted by Crippen LogP contribution is -2.31. The van der Waals surface area contributed by atoms with Crippen molar-refractivity contribution in [1.29, 1.82) is 0 Å². The van der Waals surface area contributed by atoms with Gasteiger partial charge in [-0.2, -0.15) is 0 Å². The molecule has 0 aliphatic heterocycles. The fourth-order valence-corrected chi connectivity index (χ4v) is 3.08. The summed E-state index contributed by atoms with van der Waals surface area (Å²) in [4.78, 5) is 0.0158. The Kier molecular flexibility index (Phi) is 8.69. The summed E-state index contributed by atoms with van der Waals surface area (Å²) in [6.07, 6.45) is 0.698. The first kappa shape index (κ1) is 22.9. The van der Waals surface area contributed by atoms with E-state index in [1.165, 1.54) is 24.3 Å². The Morgan fingerprint density at radius 3 is 2.59 bits per heavy atom. The van der Waals surface area contributed by atoms with Crippen LogP contribution < -0.4 is 24.7 Å². The monoisotopic (exact) mass is 426 g/mol. The van der Waals surface area contributed by atoms with Crippen LogP contribution in [0, 0.1) is 5.82 Å². The van der Waals surface area contributed by atoms with Gasteiger partial charge in [-0.25, -0.2) is 17.9 Å². The van der Waals surface area contributed by atoms with E-state index in [1.54, 1.807) is 18.2 Å². The molecule has 29 heavy (non-hydrogen) atoms. The van der Waals surface area contributed by atoms with Crippen LogP contribution >= 0.6 is 0 Å². The average Bonchev–Trinajstić information content (AvgIpc) is 2.67. The van der Waals surface area contributed by atoms with Gasteiger partial charge in [-0.1, -0.05) is 6.07 Å². The Balaban J connectivity index is 1.71. The molecule has 1 unspecified atom stereocenters. The van der Waals surface area contributed by atoms with Gasteiger partial charge in [-0.05, 0) is 44.5 Å². The molecule has 2 aromatic carbocycles. The van der Waals surface area contributed by atoms with Gasteiger partial charge in [0.05, 0.1) is 18.1 Å². The van der Waals surface area contributed by atoms with E-state index in [9.17, 15) is 12.8 Å². The van der Waals surface area contributed by atoms with E-state index in [1.807, 2.05) is 13.8 Å². The standard InChI is InChI=1S/C20H27FN2O5S/c1-3-26-19-8-7-16(21)13-20(19)28-12-10-23-15(2)9-11-27-17-5-4-6-18(14-17)29(22,24)25/h4-8,13-15,23H,3,9-12H2,1-2H3,(H2,22,24,25). The third kappa shape index (κ3) is 7.88. The zero-order valence-electron chi connectivity index (χ0n) is 16.6. The summed E-state index contributed by atoms with van der Waals surface area (Å²) in [5.74, 6) is 0.950. The second-order valence-electron chi connectivity index (χ2n) is 6.38. The van der Waals surface area contributed by atoms with Gasteiger partial charge in [-0.15, -0.1) is 0 Å². The quantitative estimate of drug-likeness (QED) is 0.506. The van der Waals surface area contributed by atoms with Gasteiger partial charge in [0.2, 0.25) is 10.0 Å². The van der Waals surface area contributed by atoms with Crippen LogP contribution in [0.2, 0.25) is 0 Å². The Bertz CT molecular complexity index is 892. The molecule has 2 aromatic rings. The number of benzene rings is 2. The van der Waals surface area contributed by atoms with Crippen LogP contribution in [0.4, 0.5) is 4.39 Å². The molecule has 2 rings (SSSR count). The Labute approximate surface area is 171 Å². The number of nitrogens with one attached hydrogen (secondary N) is 1. The van der Waals surface area contributed by atoms with Gasteiger partial charge in [0.25, 0.3) is 0 Å². The molecule has 0 aliphatic rings. The molecule has 1 atom stereocenters. The van der Waals surface area contributed by atoms with Gasteiger partial charge in [0.1, 0.15) is 18.2 Å². The van der Waals surface area contributed by atoms with E-state index >= 15 is 0 Å². The van der Waals surface area contributed by atoms with Gasteiger partial charge in [0, 0.05) is 24.7 Å². The second-order valence-corrected chi connectivity index (χ2v) is 7.95. The highest BCUT2D eigenvalue weighted by Crippen LogP contribution is 2.27. The summed E-state index contributed by atoms with van der Waals surface area (Å²) in [5, 5.41) is 8.40. The Morgan fingerprint density at radius 2 is 1.86 bits per heavy atom. The number of ether oxygens (including phenoxy) is 3. The fraction of sp³-hybridized carbons (Fsp3) is 0.400. The maximum atomic E-state index is 13.4. The maximum absolute atomic E-state index is 13.4. The Morgan fingerprint density at radius 1 is 1.07 bits per heavy atom. The van der Waals surface area contributed by atoms with Crippen LogP contribution in [-0.4, -0.2) is 40.8 Å². The van der Waals surface area contributed by atoms with Crippen molar-refractivity contribution in [1.82, 2.24) is 5.32 Å². The number of hydrogen-bond acceptors (Lipinski definition) is 6. The van der Waals surface area contributed by atoms with Crippen LogP contribution in [-0.2, 0) is 10.0 Å². The van der Waals surface area contributed by atoms with Crippen molar-refractivity contribution in [3.05, 3.63) is 48.3 Å². The first-order valence-electron chi connectivity index (χ1n) is 9.33.